The first-order valence-electron chi connectivity index (χ1n) is 6.49. The van der Waals surface area contributed by atoms with Crippen LogP contribution >= 0.6 is 0 Å². The van der Waals surface area contributed by atoms with Gasteiger partial charge in [-0.15, -0.1) is 0 Å². The van der Waals surface area contributed by atoms with Crippen molar-refractivity contribution in [1.29, 1.82) is 0 Å². The normalized spacial score (nSPS) is 13.9. The molecule has 1 aromatic rings. The van der Waals surface area contributed by atoms with Crippen molar-refractivity contribution in [1.82, 2.24) is 5.32 Å². The van der Waals surface area contributed by atoms with Crippen molar-refractivity contribution in [2.45, 2.75) is 26.8 Å². The quantitative estimate of drug-likeness (QED) is 0.806. The first-order chi connectivity index (χ1) is 8.69. The van der Waals surface area contributed by atoms with Crippen LogP contribution in [0, 0.1) is 11.8 Å². The molecule has 1 aromatic carbocycles. The number of methoxy groups -OCH3 is 1. The zero-order chi connectivity index (χ0) is 13.4. The first-order valence-corrected chi connectivity index (χ1v) is 6.49. The lowest BCUT2D eigenvalue weighted by molar-refractivity contribution is -0.128. The fourth-order valence-corrected chi connectivity index (χ4v) is 1.88. The lowest BCUT2D eigenvalue weighted by atomic mass is 9.91. The van der Waals surface area contributed by atoms with Crippen LogP contribution in [0.15, 0.2) is 30.3 Å². The lowest BCUT2D eigenvalue weighted by Crippen LogP contribution is -2.36. The Kier molecular flexibility index (Phi) is 6.44. The summed E-state index contributed by atoms with van der Waals surface area (Å²) in [5.74, 6) is 0.347. The number of hydrogen-bond donors (Lipinski definition) is 1. The van der Waals surface area contributed by atoms with E-state index in [2.05, 4.69) is 19.2 Å². The average molecular weight is 249 g/mol. The molecule has 0 aliphatic carbocycles. The van der Waals surface area contributed by atoms with E-state index in [9.17, 15) is 4.79 Å². The third-order valence-electron chi connectivity index (χ3n) is 3.32. The molecule has 0 aromatic heterocycles. The molecular formula is C15H23NO2. The van der Waals surface area contributed by atoms with E-state index < -0.39 is 0 Å². The second-order valence-electron chi connectivity index (χ2n) is 4.65. The smallest absolute Gasteiger partial charge is 0.225 e. The Morgan fingerprint density at radius 3 is 2.56 bits per heavy atom. The van der Waals surface area contributed by atoms with Gasteiger partial charge in [-0.1, -0.05) is 50.6 Å². The van der Waals surface area contributed by atoms with Gasteiger partial charge in [-0.25, -0.2) is 0 Å². The Hall–Kier alpha value is -1.35. The number of nitrogens with one attached hydrogen (secondary N) is 1. The minimum Gasteiger partial charge on any atom is -0.384 e. The van der Waals surface area contributed by atoms with Crippen LogP contribution in [-0.2, 0) is 16.1 Å². The molecule has 1 amide bonds. The topological polar surface area (TPSA) is 38.3 Å². The highest BCUT2D eigenvalue weighted by molar-refractivity contribution is 5.79. The van der Waals surface area contributed by atoms with E-state index in [1.54, 1.807) is 7.11 Å². The van der Waals surface area contributed by atoms with Crippen LogP contribution in [-0.4, -0.2) is 19.6 Å². The van der Waals surface area contributed by atoms with Crippen molar-refractivity contribution in [2.24, 2.45) is 11.8 Å². The molecule has 18 heavy (non-hydrogen) atoms. The van der Waals surface area contributed by atoms with E-state index in [-0.39, 0.29) is 11.8 Å². The molecule has 3 nitrogen and oxygen atoms in total. The summed E-state index contributed by atoms with van der Waals surface area (Å²) >= 11 is 0. The molecule has 3 heteroatoms. The molecule has 0 heterocycles. The van der Waals surface area contributed by atoms with Gasteiger partial charge in [0.15, 0.2) is 0 Å². The highest BCUT2D eigenvalue weighted by atomic mass is 16.5. The van der Waals surface area contributed by atoms with Gasteiger partial charge in [-0.3, -0.25) is 4.79 Å². The van der Waals surface area contributed by atoms with Gasteiger partial charge in [0.25, 0.3) is 0 Å². The number of carbonyl (C=O) groups excluding carboxylic acids is 1. The number of rotatable bonds is 7. The van der Waals surface area contributed by atoms with Crippen molar-refractivity contribution < 1.29 is 9.53 Å². The molecule has 0 bridgehead atoms. The number of amides is 1. The van der Waals surface area contributed by atoms with Crippen LogP contribution in [0.1, 0.15) is 25.8 Å². The van der Waals surface area contributed by atoms with Crippen LogP contribution in [0.5, 0.6) is 0 Å². The number of benzene rings is 1. The van der Waals surface area contributed by atoms with Gasteiger partial charge in [0.2, 0.25) is 5.91 Å². The molecule has 0 aliphatic heterocycles. The van der Waals surface area contributed by atoms with Gasteiger partial charge < -0.3 is 10.1 Å². The second kappa shape index (κ2) is 7.88. The van der Waals surface area contributed by atoms with Crippen LogP contribution in [0.2, 0.25) is 0 Å². The van der Waals surface area contributed by atoms with Gasteiger partial charge in [0.1, 0.15) is 0 Å². The second-order valence-corrected chi connectivity index (χ2v) is 4.65. The molecule has 0 spiro atoms. The SMILES string of the molecule is CCC(C)C(COC)C(=O)NCc1ccccc1. The van der Waals surface area contributed by atoms with Gasteiger partial charge in [0.05, 0.1) is 12.5 Å². The molecule has 0 saturated heterocycles. The molecule has 0 aliphatic rings. The molecule has 100 valence electrons. The fourth-order valence-electron chi connectivity index (χ4n) is 1.88. The van der Waals surface area contributed by atoms with E-state index in [0.717, 1.165) is 12.0 Å². The maximum atomic E-state index is 12.1. The lowest BCUT2D eigenvalue weighted by Gasteiger charge is -2.21. The van der Waals surface area contributed by atoms with Crippen molar-refractivity contribution in [3.8, 4) is 0 Å². The zero-order valence-electron chi connectivity index (χ0n) is 11.5. The maximum Gasteiger partial charge on any atom is 0.225 e. The number of carbonyl (C=O) groups is 1. The van der Waals surface area contributed by atoms with Crippen LogP contribution in [0.4, 0.5) is 0 Å². The molecule has 1 N–H and O–H groups in total. The van der Waals surface area contributed by atoms with E-state index in [0.29, 0.717) is 19.1 Å². The Morgan fingerprint density at radius 2 is 2.00 bits per heavy atom. The summed E-state index contributed by atoms with van der Waals surface area (Å²) in [6.45, 7) is 5.25. The highest BCUT2D eigenvalue weighted by Gasteiger charge is 2.23. The Morgan fingerprint density at radius 1 is 1.33 bits per heavy atom. The van der Waals surface area contributed by atoms with E-state index in [4.69, 9.17) is 4.74 Å². The van der Waals surface area contributed by atoms with Gasteiger partial charge >= 0.3 is 0 Å². The number of ether oxygens (including phenoxy) is 1. The van der Waals surface area contributed by atoms with E-state index >= 15 is 0 Å². The van der Waals surface area contributed by atoms with Crippen molar-refractivity contribution in [2.75, 3.05) is 13.7 Å². The first kappa shape index (κ1) is 14.7. The standard InChI is InChI=1S/C15H23NO2/c1-4-12(2)14(11-18-3)15(17)16-10-13-8-6-5-7-9-13/h5-9,12,14H,4,10-11H2,1-3H3,(H,16,17). The Labute approximate surface area is 110 Å². The largest absolute Gasteiger partial charge is 0.384 e. The predicted molar refractivity (Wildman–Crippen MR) is 73.1 cm³/mol. The summed E-state index contributed by atoms with van der Waals surface area (Å²) in [6, 6.07) is 9.94. The van der Waals surface area contributed by atoms with Gasteiger partial charge in [-0.2, -0.15) is 0 Å². The summed E-state index contributed by atoms with van der Waals surface area (Å²) in [4.78, 5) is 12.1. The van der Waals surface area contributed by atoms with Crippen molar-refractivity contribution in [3.05, 3.63) is 35.9 Å². The fraction of sp³-hybridized carbons (Fsp3) is 0.533. The molecule has 0 saturated carbocycles. The van der Waals surface area contributed by atoms with Gasteiger partial charge in [-0.05, 0) is 11.5 Å². The molecule has 1 rings (SSSR count). The summed E-state index contributed by atoms with van der Waals surface area (Å²) in [7, 11) is 1.64. The number of hydrogen-bond acceptors (Lipinski definition) is 2. The average Bonchev–Trinajstić information content (AvgIpc) is 2.42. The van der Waals surface area contributed by atoms with E-state index in [1.807, 2.05) is 30.3 Å². The van der Waals surface area contributed by atoms with Crippen LogP contribution < -0.4 is 5.32 Å². The molecule has 2 unspecified atom stereocenters. The third kappa shape index (κ3) is 4.49. The molecule has 0 fully saturated rings. The van der Waals surface area contributed by atoms with Crippen LogP contribution in [0.25, 0.3) is 0 Å². The predicted octanol–water partition coefficient (Wildman–Crippen LogP) is 2.61. The van der Waals surface area contributed by atoms with E-state index in [1.165, 1.54) is 0 Å². The highest BCUT2D eigenvalue weighted by Crippen LogP contribution is 2.16. The summed E-state index contributed by atoms with van der Waals surface area (Å²) in [6.07, 6.45) is 0.979. The van der Waals surface area contributed by atoms with Gasteiger partial charge in [0, 0.05) is 13.7 Å². The summed E-state index contributed by atoms with van der Waals surface area (Å²) < 4.78 is 5.14. The maximum absolute atomic E-state index is 12.1. The minimum absolute atomic E-state index is 0.0660. The van der Waals surface area contributed by atoms with Crippen molar-refractivity contribution in [3.63, 3.8) is 0 Å². The molecule has 2 atom stereocenters. The molecular weight excluding hydrogens is 226 g/mol. The van der Waals surface area contributed by atoms with Crippen LogP contribution in [0.3, 0.4) is 0 Å². The Balaban J connectivity index is 2.51. The Bertz CT molecular complexity index is 351. The zero-order valence-corrected chi connectivity index (χ0v) is 11.5. The monoisotopic (exact) mass is 249 g/mol. The summed E-state index contributed by atoms with van der Waals surface area (Å²) in [5.41, 5.74) is 1.12. The molecule has 0 radical (unpaired) electrons. The summed E-state index contributed by atoms with van der Waals surface area (Å²) in [5, 5.41) is 2.98. The van der Waals surface area contributed by atoms with Crippen molar-refractivity contribution >= 4 is 5.91 Å². The minimum atomic E-state index is -0.0660. The third-order valence-corrected chi connectivity index (χ3v) is 3.32.